The number of hydrogen-bond donors (Lipinski definition) is 0. The van der Waals surface area contributed by atoms with E-state index in [-0.39, 0.29) is 5.91 Å². The molecule has 3 aromatic rings. The molecule has 0 aromatic heterocycles. The minimum atomic E-state index is -0.672. The molecule has 0 bridgehead atoms. The van der Waals surface area contributed by atoms with Crippen LogP contribution in [0, 0.1) is 12.0 Å². The molecule has 4 heteroatoms. The molecule has 0 saturated heterocycles. The Bertz CT molecular complexity index is 1090. The first-order valence-electron chi connectivity index (χ1n) is 11.3. The largest absolute Gasteiger partial charge is 0.452 e. The molecule has 0 aliphatic heterocycles. The summed E-state index contributed by atoms with van der Waals surface area (Å²) in [4.78, 5) is 27.6. The fourth-order valence-corrected chi connectivity index (χ4v) is 3.47. The zero-order valence-corrected chi connectivity index (χ0v) is 19.1. The summed E-state index contributed by atoms with van der Waals surface area (Å²) >= 11 is 0. The van der Waals surface area contributed by atoms with E-state index in [1.807, 2.05) is 80.6 Å². The van der Waals surface area contributed by atoms with Gasteiger partial charge in [0, 0.05) is 18.0 Å². The molecule has 0 aliphatic rings. The molecule has 3 rings (SSSR count). The molecule has 0 fully saturated rings. The molecule has 2 atom stereocenters. The lowest BCUT2D eigenvalue weighted by Gasteiger charge is -2.31. The summed E-state index contributed by atoms with van der Waals surface area (Å²) in [7, 11) is 0. The van der Waals surface area contributed by atoms with Gasteiger partial charge in [-0.15, -0.1) is 0 Å². The van der Waals surface area contributed by atoms with Crippen molar-refractivity contribution in [2.75, 3.05) is 0 Å². The van der Waals surface area contributed by atoms with Crippen molar-refractivity contribution in [3.05, 3.63) is 108 Å². The third-order valence-electron chi connectivity index (χ3n) is 5.32. The minimum absolute atomic E-state index is 0.0792. The van der Waals surface area contributed by atoms with Gasteiger partial charge in [-0.1, -0.05) is 80.1 Å². The minimum Gasteiger partial charge on any atom is -0.452 e. The zero-order chi connectivity index (χ0) is 23.5. The first-order chi connectivity index (χ1) is 16.1. The fraction of sp³-hybridized carbons (Fsp3) is 0.241. The van der Waals surface area contributed by atoms with E-state index in [0.717, 1.165) is 24.0 Å². The topological polar surface area (TPSA) is 46.6 Å². The fourth-order valence-electron chi connectivity index (χ4n) is 3.47. The molecule has 0 aliphatic carbocycles. The third-order valence-corrected chi connectivity index (χ3v) is 5.32. The lowest BCUT2D eigenvalue weighted by Crippen LogP contribution is -2.40. The van der Waals surface area contributed by atoms with Crippen LogP contribution in [0.1, 0.15) is 60.7 Å². The molecule has 33 heavy (non-hydrogen) atoms. The molecule has 0 saturated carbocycles. The van der Waals surface area contributed by atoms with Crippen LogP contribution in [-0.2, 0) is 9.53 Å². The van der Waals surface area contributed by atoms with Crippen molar-refractivity contribution in [2.45, 2.75) is 45.3 Å². The van der Waals surface area contributed by atoms with Crippen LogP contribution in [-0.4, -0.2) is 22.8 Å². The smallest absolute Gasteiger partial charge is 0.338 e. The number of esters is 1. The average molecular weight is 440 g/mol. The quantitative estimate of drug-likeness (QED) is 0.246. The molecule has 168 valence electrons. The number of carbonyl (C=O) groups excluding carboxylic acids is 2. The van der Waals surface area contributed by atoms with E-state index in [4.69, 9.17) is 4.74 Å². The highest BCUT2D eigenvalue weighted by atomic mass is 16.5. The maximum Gasteiger partial charge on any atom is 0.338 e. The number of hydrogen-bond acceptors (Lipinski definition) is 3. The first kappa shape index (κ1) is 23.8. The van der Waals surface area contributed by atoms with E-state index in [0.29, 0.717) is 12.0 Å². The first-order valence-corrected chi connectivity index (χ1v) is 11.3. The summed E-state index contributed by atoms with van der Waals surface area (Å²) < 4.78 is 5.97. The van der Waals surface area contributed by atoms with E-state index >= 15 is 0 Å². The highest BCUT2D eigenvalue weighted by Gasteiger charge is 2.31. The lowest BCUT2D eigenvalue weighted by atomic mass is 10.0. The van der Waals surface area contributed by atoms with Gasteiger partial charge in [0.05, 0.1) is 11.6 Å². The molecule has 0 spiro atoms. The Morgan fingerprint density at radius 2 is 1.45 bits per heavy atom. The van der Waals surface area contributed by atoms with Gasteiger partial charge in [-0.2, -0.15) is 0 Å². The second-order valence-corrected chi connectivity index (χ2v) is 7.81. The summed E-state index contributed by atoms with van der Waals surface area (Å²) in [5.74, 6) is 2.57. The van der Waals surface area contributed by atoms with Crippen molar-refractivity contribution in [1.29, 1.82) is 0 Å². The van der Waals surface area contributed by atoms with Crippen molar-refractivity contribution in [2.24, 2.45) is 0 Å². The summed E-state index contributed by atoms with van der Waals surface area (Å²) in [6.07, 6.45) is 1.40. The Morgan fingerprint density at radius 1 is 0.879 bits per heavy atom. The summed E-state index contributed by atoms with van der Waals surface area (Å²) in [5.41, 5.74) is 2.09. The normalized spacial score (nSPS) is 12.1. The van der Waals surface area contributed by atoms with E-state index in [9.17, 15) is 9.59 Å². The number of nitrogens with zero attached hydrogens (tertiary/aromatic N) is 1. The predicted molar refractivity (Wildman–Crippen MR) is 130 cm³/mol. The van der Waals surface area contributed by atoms with E-state index in [2.05, 4.69) is 12.0 Å². The van der Waals surface area contributed by atoms with Crippen molar-refractivity contribution in [3.8, 4) is 12.0 Å². The average Bonchev–Trinajstić information content (AvgIpc) is 2.87. The molecular weight excluding hydrogens is 410 g/mol. The molecule has 1 amide bonds. The maximum atomic E-state index is 13.1. The zero-order valence-electron chi connectivity index (χ0n) is 19.1. The van der Waals surface area contributed by atoms with Crippen molar-refractivity contribution >= 4 is 11.9 Å². The van der Waals surface area contributed by atoms with Crippen LogP contribution in [0.25, 0.3) is 0 Å². The molecule has 0 N–H and O–H groups in total. The van der Waals surface area contributed by atoms with Crippen LogP contribution >= 0.6 is 0 Å². The summed E-state index contributed by atoms with van der Waals surface area (Å²) in [6.45, 7) is 3.92. The number of carbonyl (C=O) groups is 2. The van der Waals surface area contributed by atoms with E-state index < -0.39 is 18.1 Å². The van der Waals surface area contributed by atoms with Crippen LogP contribution in [0.3, 0.4) is 0 Å². The Morgan fingerprint density at radius 3 is 2.06 bits per heavy atom. The maximum absolute atomic E-state index is 13.1. The Hall–Kier alpha value is -3.84. The summed E-state index contributed by atoms with van der Waals surface area (Å²) in [6, 6.07) is 30.5. The Kier molecular flexibility index (Phi) is 8.85. The molecule has 3 aromatic carbocycles. The van der Waals surface area contributed by atoms with Gasteiger partial charge in [0.1, 0.15) is 6.10 Å². The highest BCUT2D eigenvalue weighted by Crippen LogP contribution is 2.27. The number of ether oxygens (including phenoxy) is 1. The highest BCUT2D eigenvalue weighted by molar-refractivity contribution is 5.89. The molecule has 0 heterocycles. The molecule has 0 radical (unpaired) electrons. The lowest BCUT2D eigenvalue weighted by molar-refractivity contribution is -0.131. The number of rotatable bonds is 8. The van der Waals surface area contributed by atoms with Crippen molar-refractivity contribution in [3.63, 3.8) is 0 Å². The molecule has 0 unspecified atom stereocenters. The van der Waals surface area contributed by atoms with Gasteiger partial charge in [0.15, 0.2) is 0 Å². The molecule has 4 nitrogen and oxygen atoms in total. The van der Waals surface area contributed by atoms with Crippen LogP contribution < -0.4 is 0 Å². The monoisotopic (exact) mass is 439 g/mol. The van der Waals surface area contributed by atoms with Gasteiger partial charge in [-0.25, -0.2) is 4.79 Å². The predicted octanol–water partition coefficient (Wildman–Crippen LogP) is 6.00. The Labute approximate surface area is 196 Å². The van der Waals surface area contributed by atoms with Crippen molar-refractivity contribution in [1.82, 2.24) is 4.90 Å². The van der Waals surface area contributed by atoms with Gasteiger partial charge < -0.3 is 4.74 Å². The van der Waals surface area contributed by atoms with E-state index in [1.165, 1.54) is 4.90 Å². The van der Waals surface area contributed by atoms with Gasteiger partial charge >= 0.3 is 5.97 Å². The SMILES string of the molecule is CCCCC(=O)N(C#Cc1ccccc1)[C@@H](C)[C@H](OC(=O)c1ccccc1)c1ccccc1. The summed E-state index contributed by atoms with van der Waals surface area (Å²) in [5, 5.41) is 0. The van der Waals surface area contributed by atoms with Gasteiger partial charge in [0.2, 0.25) is 5.91 Å². The van der Waals surface area contributed by atoms with Gasteiger partial charge in [-0.05, 0) is 49.1 Å². The van der Waals surface area contributed by atoms with Crippen LogP contribution in [0.4, 0.5) is 0 Å². The Balaban J connectivity index is 1.94. The number of amides is 1. The van der Waals surface area contributed by atoms with Crippen LogP contribution in [0.5, 0.6) is 0 Å². The van der Waals surface area contributed by atoms with Gasteiger partial charge in [-0.3, -0.25) is 9.69 Å². The van der Waals surface area contributed by atoms with Crippen molar-refractivity contribution < 1.29 is 14.3 Å². The van der Waals surface area contributed by atoms with Gasteiger partial charge in [0.25, 0.3) is 0 Å². The third kappa shape index (κ3) is 6.82. The second-order valence-electron chi connectivity index (χ2n) is 7.81. The van der Waals surface area contributed by atoms with Crippen LogP contribution in [0.15, 0.2) is 91.0 Å². The number of benzene rings is 3. The standard InChI is InChI=1S/C29H29NO3/c1-3-4-20-27(31)30(22-21-24-14-8-5-9-15-24)23(2)28(25-16-10-6-11-17-25)33-29(32)26-18-12-7-13-19-26/h5-19,23,28H,3-4,20H2,1-2H3/t23-,28-/m0/s1. The van der Waals surface area contributed by atoms with E-state index in [1.54, 1.807) is 24.3 Å². The van der Waals surface area contributed by atoms with Crippen LogP contribution in [0.2, 0.25) is 0 Å². The molecular formula is C29H29NO3. The second kappa shape index (κ2) is 12.3. The number of unbranched alkanes of at least 4 members (excludes halogenated alkanes) is 1.